The number of rotatable bonds is 2. The quantitative estimate of drug-likeness (QED) is 0.795. The molecular formula is C11H16ClN3. The van der Waals surface area contributed by atoms with E-state index in [0.717, 1.165) is 36.8 Å². The first-order chi connectivity index (χ1) is 7.31. The van der Waals surface area contributed by atoms with E-state index in [9.17, 15) is 0 Å². The average Bonchev–Trinajstić information content (AvgIpc) is 2.30. The summed E-state index contributed by atoms with van der Waals surface area (Å²) in [5, 5.41) is 4.09. The molecule has 0 aromatic heterocycles. The van der Waals surface area contributed by atoms with Crippen LogP contribution in [-0.4, -0.2) is 26.2 Å². The molecule has 82 valence electrons. The number of hydrogen-bond donors (Lipinski definition) is 2. The fraction of sp³-hybridized carbons (Fsp3) is 0.455. The fourth-order valence-corrected chi connectivity index (χ4v) is 2.13. The molecular weight excluding hydrogens is 210 g/mol. The van der Waals surface area contributed by atoms with E-state index in [1.54, 1.807) is 0 Å². The summed E-state index contributed by atoms with van der Waals surface area (Å²) in [6.45, 7) is 4.68. The molecule has 2 rings (SSSR count). The van der Waals surface area contributed by atoms with Crippen LogP contribution in [0.1, 0.15) is 5.56 Å². The van der Waals surface area contributed by atoms with Gasteiger partial charge in [-0.2, -0.15) is 0 Å². The van der Waals surface area contributed by atoms with Gasteiger partial charge in [0.2, 0.25) is 0 Å². The molecule has 0 radical (unpaired) electrons. The van der Waals surface area contributed by atoms with Crippen LogP contribution in [-0.2, 0) is 6.54 Å². The van der Waals surface area contributed by atoms with Gasteiger partial charge in [0.05, 0.1) is 0 Å². The Morgan fingerprint density at radius 1 is 1.33 bits per heavy atom. The van der Waals surface area contributed by atoms with Crippen LogP contribution in [0.2, 0.25) is 5.02 Å². The van der Waals surface area contributed by atoms with Gasteiger partial charge in [-0.15, -0.1) is 0 Å². The molecule has 4 heteroatoms. The molecule has 0 aliphatic carbocycles. The highest BCUT2D eigenvalue weighted by Crippen LogP contribution is 2.24. The first kappa shape index (κ1) is 10.7. The van der Waals surface area contributed by atoms with Crippen LogP contribution in [0.4, 0.5) is 5.69 Å². The molecule has 0 amide bonds. The highest BCUT2D eigenvalue weighted by molar-refractivity contribution is 6.30. The molecule has 0 saturated carbocycles. The second-order valence-corrected chi connectivity index (χ2v) is 4.15. The molecule has 15 heavy (non-hydrogen) atoms. The van der Waals surface area contributed by atoms with Crippen LogP contribution in [0.3, 0.4) is 0 Å². The van der Waals surface area contributed by atoms with E-state index in [-0.39, 0.29) is 0 Å². The lowest BCUT2D eigenvalue weighted by atomic mass is 10.1. The van der Waals surface area contributed by atoms with Gasteiger partial charge in [-0.3, -0.25) is 0 Å². The van der Waals surface area contributed by atoms with Crippen molar-refractivity contribution in [3.05, 3.63) is 28.8 Å². The Labute approximate surface area is 95.2 Å². The third-order valence-corrected chi connectivity index (χ3v) is 2.95. The second kappa shape index (κ2) is 4.84. The van der Waals surface area contributed by atoms with Gasteiger partial charge < -0.3 is 16.0 Å². The van der Waals surface area contributed by atoms with Crippen molar-refractivity contribution >= 4 is 17.3 Å². The Hall–Kier alpha value is -0.770. The predicted octanol–water partition coefficient (Wildman–Crippen LogP) is 1.21. The summed E-state index contributed by atoms with van der Waals surface area (Å²) in [6, 6.07) is 5.95. The Bertz CT molecular complexity index is 335. The minimum absolute atomic E-state index is 0.541. The van der Waals surface area contributed by atoms with Crippen molar-refractivity contribution < 1.29 is 0 Å². The highest BCUT2D eigenvalue weighted by atomic mass is 35.5. The van der Waals surface area contributed by atoms with E-state index in [1.807, 2.05) is 12.1 Å². The van der Waals surface area contributed by atoms with Gasteiger partial charge in [0.1, 0.15) is 0 Å². The topological polar surface area (TPSA) is 41.3 Å². The van der Waals surface area contributed by atoms with E-state index < -0.39 is 0 Å². The predicted molar refractivity (Wildman–Crippen MR) is 64.4 cm³/mol. The molecule has 1 aliphatic heterocycles. The van der Waals surface area contributed by atoms with Crippen LogP contribution in [0, 0.1) is 0 Å². The lowest BCUT2D eigenvalue weighted by Crippen LogP contribution is -2.44. The van der Waals surface area contributed by atoms with Crippen molar-refractivity contribution in [3.63, 3.8) is 0 Å². The average molecular weight is 226 g/mol. The Morgan fingerprint density at radius 2 is 2.07 bits per heavy atom. The molecule has 0 atom stereocenters. The minimum atomic E-state index is 0.541. The van der Waals surface area contributed by atoms with Crippen molar-refractivity contribution in [3.8, 4) is 0 Å². The van der Waals surface area contributed by atoms with Gasteiger partial charge in [0.25, 0.3) is 0 Å². The van der Waals surface area contributed by atoms with Gasteiger partial charge in [-0.1, -0.05) is 11.6 Å². The number of hydrogen-bond acceptors (Lipinski definition) is 3. The number of benzene rings is 1. The van der Waals surface area contributed by atoms with Crippen molar-refractivity contribution in [1.29, 1.82) is 0 Å². The number of piperazine rings is 1. The molecule has 1 aromatic rings. The second-order valence-electron chi connectivity index (χ2n) is 3.71. The standard InChI is InChI=1S/C11H16ClN3/c12-10-1-2-11(9(7-10)8-13)15-5-3-14-4-6-15/h1-2,7,14H,3-6,8,13H2. The number of anilines is 1. The number of nitrogens with two attached hydrogens (primary N) is 1. The number of nitrogens with zero attached hydrogens (tertiary/aromatic N) is 1. The molecule has 3 nitrogen and oxygen atoms in total. The van der Waals surface area contributed by atoms with E-state index in [1.165, 1.54) is 5.69 Å². The normalized spacial score (nSPS) is 16.8. The SMILES string of the molecule is NCc1cc(Cl)ccc1N1CCNCC1. The first-order valence-corrected chi connectivity index (χ1v) is 5.63. The summed E-state index contributed by atoms with van der Waals surface area (Å²) < 4.78 is 0. The van der Waals surface area contributed by atoms with Gasteiger partial charge in [-0.05, 0) is 23.8 Å². The maximum absolute atomic E-state index is 5.95. The zero-order valence-electron chi connectivity index (χ0n) is 8.67. The van der Waals surface area contributed by atoms with Crippen molar-refractivity contribution in [2.75, 3.05) is 31.1 Å². The summed E-state index contributed by atoms with van der Waals surface area (Å²) in [5.41, 5.74) is 8.08. The van der Waals surface area contributed by atoms with Crippen LogP contribution in [0.15, 0.2) is 18.2 Å². The lowest BCUT2D eigenvalue weighted by Gasteiger charge is -2.31. The first-order valence-electron chi connectivity index (χ1n) is 5.25. The van der Waals surface area contributed by atoms with E-state index in [0.29, 0.717) is 6.54 Å². The summed E-state index contributed by atoms with van der Waals surface area (Å²) in [5.74, 6) is 0. The Balaban J connectivity index is 2.25. The maximum atomic E-state index is 5.95. The minimum Gasteiger partial charge on any atom is -0.369 e. The molecule has 3 N–H and O–H groups in total. The van der Waals surface area contributed by atoms with Gasteiger partial charge in [0.15, 0.2) is 0 Å². The molecule has 1 saturated heterocycles. The molecule has 0 bridgehead atoms. The molecule has 0 spiro atoms. The van der Waals surface area contributed by atoms with Gasteiger partial charge in [0, 0.05) is 43.4 Å². The van der Waals surface area contributed by atoms with Gasteiger partial charge >= 0.3 is 0 Å². The molecule has 1 heterocycles. The Morgan fingerprint density at radius 3 is 2.73 bits per heavy atom. The van der Waals surface area contributed by atoms with E-state index in [2.05, 4.69) is 16.3 Å². The molecule has 1 fully saturated rings. The lowest BCUT2D eigenvalue weighted by molar-refractivity contribution is 0.588. The van der Waals surface area contributed by atoms with Crippen molar-refractivity contribution in [1.82, 2.24) is 5.32 Å². The third-order valence-electron chi connectivity index (χ3n) is 2.72. The molecule has 0 unspecified atom stereocenters. The largest absolute Gasteiger partial charge is 0.369 e. The molecule has 1 aromatic carbocycles. The van der Waals surface area contributed by atoms with Gasteiger partial charge in [-0.25, -0.2) is 0 Å². The zero-order valence-corrected chi connectivity index (χ0v) is 9.43. The molecule has 1 aliphatic rings. The Kier molecular flexibility index (Phi) is 3.46. The van der Waals surface area contributed by atoms with Crippen LogP contribution in [0.5, 0.6) is 0 Å². The highest BCUT2D eigenvalue weighted by Gasteiger charge is 2.13. The summed E-state index contributed by atoms with van der Waals surface area (Å²) in [7, 11) is 0. The number of nitrogens with one attached hydrogen (secondary N) is 1. The monoisotopic (exact) mass is 225 g/mol. The van der Waals surface area contributed by atoms with Crippen molar-refractivity contribution in [2.24, 2.45) is 5.73 Å². The smallest absolute Gasteiger partial charge is 0.0413 e. The summed E-state index contributed by atoms with van der Waals surface area (Å²) >= 11 is 5.95. The van der Waals surface area contributed by atoms with Crippen LogP contribution in [0.25, 0.3) is 0 Å². The third kappa shape index (κ3) is 2.43. The summed E-state index contributed by atoms with van der Waals surface area (Å²) in [6.07, 6.45) is 0. The number of halogens is 1. The van der Waals surface area contributed by atoms with Crippen LogP contribution >= 0.6 is 11.6 Å². The van der Waals surface area contributed by atoms with E-state index in [4.69, 9.17) is 17.3 Å². The zero-order chi connectivity index (χ0) is 10.7. The van der Waals surface area contributed by atoms with E-state index >= 15 is 0 Å². The fourth-order valence-electron chi connectivity index (χ4n) is 1.93. The maximum Gasteiger partial charge on any atom is 0.0413 e. The summed E-state index contributed by atoms with van der Waals surface area (Å²) in [4.78, 5) is 2.36. The van der Waals surface area contributed by atoms with Crippen molar-refractivity contribution in [2.45, 2.75) is 6.54 Å². The van der Waals surface area contributed by atoms with Crippen LogP contribution < -0.4 is 16.0 Å².